The summed E-state index contributed by atoms with van der Waals surface area (Å²) in [6.45, 7) is 3.81. The predicted octanol–water partition coefficient (Wildman–Crippen LogP) is 0.0839. The second-order valence-corrected chi connectivity index (χ2v) is 2.23. The van der Waals surface area contributed by atoms with Crippen molar-refractivity contribution in [2.75, 3.05) is 13.1 Å². The van der Waals surface area contributed by atoms with E-state index in [1.54, 1.807) is 0 Å². The summed E-state index contributed by atoms with van der Waals surface area (Å²) in [7, 11) is 0. The third-order valence-electron chi connectivity index (χ3n) is 1.64. The maximum absolute atomic E-state index is 8.14. The molecule has 3 heteroatoms. The van der Waals surface area contributed by atoms with Crippen molar-refractivity contribution in [2.45, 2.75) is 13.0 Å². The Morgan fingerprint density at radius 3 is 2.50 bits per heavy atom. The van der Waals surface area contributed by atoms with E-state index in [-0.39, 0.29) is 6.10 Å². The van der Waals surface area contributed by atoms with Crippen molar-refractivity contribution < 1.29 is 10.1 Å². The highest BCUT2D eigenvalue weighted by Gasteiger charge is 2.23. The van der Waals surface area contributed by atoms with Crippen LogP contribution in [0.1, 0.15) is 6.92 Å². The Balaban J connectivity index is 2.13. The van der Waals surface area contributed by atoms with Gasteiger partial charge in [-0.1, -0.05) is 0 Å². The van der Waals surface area contributed by atoms with Crippen LogP contribution in [0, 0.1) is 5.92 Å². The van der Waals surface area contributed by atoms with E-state index in [9.17, 15) is 0 Å². The zero-order valence-electron chi connectivity index (χ0n) is 4.92. The molecule has 0 aliphatic carbocycles. The molecule has 0 spiro atoms. The van der Waals surface area contributed by atoms with Gasteiger partial charge in [0.2, 0.25) is 0 Å². The highest BCUT2D eigenvalue weighted by atomic mass is 17.1. The fraction of sp³-hybridized carbons (Fsp3) is 1.00. The minimum absolute atomic E-state index is 0.00347. The van der Waals surface area contributed by atoms with E-state index in [4.69, 9.17) is 5.26 Å². The number of hydrogen-bond donors (Lipinski definition) is 2. The predicted molar refractivity (Wildman–Crippen MR) is 29.5 cm³/mol. The molecule has 0 amide bonds. The van der Waals surface area contributed by atoms with Crippen molar-refractivity contribution in [1.82, 2.24) is 5.32 Å². The Bertz CT molecular complexity index is 70.1. The van der Waals surface area contributed by atoms with E-state index in [2.05, 4.69) is 10.2 Å². The Hall–Kier alpha value is -0.120. The molecule has 0 bridgehead atoms. The SMILES string of the molecule is CC(OO)C1CNC1. The van der Waals surface area contributed by atoms with Crippen LogP contribution in [0.25, 0.3) is 0 Å². The summed E-state index contributed by atoms with van der Waals surface area (Å²) in [5.41, 5.74) is 0. The molecule has 1 aliphatic rings. The lowest BCUT2D eigenvalue weighted by atomic mass is 9.98. The molecule has 2 N–H and O–H groups in total. The van der Waals surface area contributed by atoms with Gasteiger partial charge in [-0.15, -0.1) is 0 Å². The van der Waals surface area contributed by atoms with Gasteiger partial charge in [0.25, 0.3) is 0 Å². The second-order valence-electron chi connectivity index (χ2n) is 2.23. The molecule has 8 heavy (non-hydrogen) atoms. The third-order valence-corrected chi connectivity index (χ3v) is 1.64. The molecule has 0 radical (unpaired) electrons. The lowest BCUT2D eigenvalue weighted by Gasteiger charge is -2.30. The minimum atomic E-state index is -0.00347. The van der Waals surface area contributed by atoms with Gasteiger partial charge < -0.3 is 5.32 Å². The van der Waals surface area contributed by atoms with Gasteiger partial charge in [-0.2, -0.15) is 0 Å². The maximum Gasteiger partial charge on any atom is 0.0951 e. The molecule has 0 saturated carbocycles. The summed E-state index contributed by atoms with van der Waals surface area (Å²) in [6.07, 6.45) is -0.00347. The summed E-state index contributed by atoms with van der Waals surface area (Å²) in [6, 6.07) is 0. The Morgan fingerprint density at radius 2 is 2.38 bits per heavy atom. The van der Waals surface area contributed by atoms with Gasteiger partial charge in [0.15, 0.2) is 0 Å². The zero-order chi connectivity index (χ0) is 5.98. The second kappa shape index (κ2) is 2.44. The molecule has 1 aliphatic heterocycles. The van der Waals surface area contributed by atoms with E-state index in [1.807, 2.05) is 6.92 Å². The Labute approximate surface area is 48.6 Å². The Morgan fingerprint density at radius 1 is 1.75 bits per heavy atom. The molecule has 1 atom stereocenters. The summed E-state index contributed by atoms with van der Waals surface area (Å²) in [4.78, 5) is 4.11. The van der Waals surface area contributed by atoms with Crippen LogP contribution in [0.4, 0.5) is 0 Å². The molecule has 3 nitrogen and oxygen atoms in total. The van der Waals surface area contributed by atoms with Gasteiger partial charge in [0.05, 0.1) is 6.10 Å². The highest BCUT2D eigenvalue weighted by Crippen LogP contribution is 2.10. The fourth-order valence-electron chi connectivity index (χ4n) is 0.729. The van der Waals surface area contributed by atoms with Crippen LogP contribution in [-0.2, 0) is 4.89 Å². The van der Waals surface area contributed by atoms with E-state index in [1.165, 1.54) is 0 Å². The zero-order valence-corrected chi connectivity index (χ0v) is 4.92. The summed E-state index contributed by atoms with van der Waals surface area (Å²) in [5.74, 6) is 0.514. The van der Waals surface area contributed by atoms with Crippen LogP contribution in [-0.4, -0.2) is 24.5 Å². The van der Waals surface area contributed by atoms with Gasteiger partial charge in [0, 0.05) is 19.0 Å². The minimum Gasteiger partial charge on any atom is -0.316 e. The van der Waals surface area contributed by atoms with Crippen LogP contribution in [0.5, 0.6) is 0 Å². The molecule has 0 aromatic carbocycles. The molecule has 0 aromatic rings. The van der Waals surface area contributed by atoms with Crippen LogP contribution in [0.3, 0.4) is 0 Å². The summed E-state index contributed by atoms with van der Waals surface area (Å²) in [5, 5.41) is 11.2. The van der Waals surface area contributed by atoms with Crippen LogP contribution < -0.4 is 5.32 Å². The number of rotatable bonds is 2. The van der Waals surface area contributed by atoms with Gasteiger partial charge in [-0.3, -0.25) is 5.26 Å². The molecule has 1 saturated heterocycles. The number of nitrogens with one attached hydrogen (secondary N) is 1. The van der Waals surface area contributed by atoms with Crippen molar-refractivity contribution in [3.05, 3.63) is 0 Å². The summed E-state index contributed by atoms with van der Waals surface area (Å²) >= 11 is 0. The van der Waals surface area contributed by atoms with E-state index < -0.39 is 0 Å². The largest absolute Gasteiger partial charge is 0.316 e. The van der Waals surface area contributed by atoms with Crippen molar-refractivity contribution in [2.24, 2.45) is 5.92 Å². The quantitative estimate of drug-likeness (QED) is 0.397. The lowest BCUT2D eigenvalue weighted by molar-refractivity contribution is -0.287. The van der Waals surface area contributed by atoms with Crippen LogP contribution >= 0.6 is 0 Å². The molecule has 1 heterocycles. The molecular weight excluding hydrogens is 106 g/mol. The first-order valence-electron chi connectivity index (χ1n) is 2.85. The van der Waals surface area contributed by atoms with E-state index >= 15 is 0 Å². The molecule has 1 unspecified atom stereocenters. The van der Waals surface area contributed by atoms with Crippen molar-refractivity contribution in [3.8, 4) is 0 Å². The lowest BCUT2D eigenvalue weighted by Crippen LogP contribution is -2.48. The van der Waals surface area contributed by atoms with Crippen LogP contribution in [0.15, 0.2) is 0 Å². The molecule has 48 valence electrons. The smallest absolute Gasteiger partial charge is 0.0951 e. The van der Waals surface area contributed by atoms with Crippen molar-refractivity contribution in [3.63, 3.8) is 0 Å². The maximum atomic E-state index is 8.14. The van der Waals surface area contributed by atoms with Gasteiger partial charge in [-0.05, 0) is 6.92 Å². The van der Waals surface area contributed by atoms with Crippen LogP contribution in [0.2, 0.25) is 0 Å². The average molecular weight is 117 g/mol. The first kappa shape index (κ1) is 6.01. The first-order valence-corrected chi connectivity index (χ1v) is 2.85. The first-order chi connectivity index (χ1) is 3.84. The topological polar surface area (TPSA) is 41.5 Å². The molecule has 1 fully saturated rings. The molecular formula is C5H11NO2. The van der Waals surface area contributed by atoms with Crippen molar-refractivity contribution >= 4 is 0 Å². The number of hydrogen-bond acceptors (Lipinski definition) is 3. The standard InChI is InChI=1S/C5H11NO2/c1-4(8-7)5-2-6-3-5/h4-7H,2-3H2,1H3. The van der Waals surface area contributed by atoms with Crippen molar-refractivity contribution in [1.29, 1.82) is 0 Å². The Kier molecular flexibility index (Phi) is 1.83. The monoisotopic (exact) mass is 117 g/mol. The van der Waals surface area contributed by atoms with Gasteiger partial charge in [0.1, 0.15) is 0 Å². The highest BCUT2D eigenvalue weighted by molar-refractivity contribution is 4.78. The normalized spacial score (nSPS) is 24.8. The molecule has 1 rings (SSSR count). The fourth-order valence-corrected chi connectivity index (χ4v) is 0.729. The third kappa shape index (κ3) is 0.992. The average Bonchev–Trinajstić information content (AvgIpc) is 1.62. The van der Waals surface area contributed by atoms with E-state index in [0.29, 0.717) is 5.92 Å². The van der Waals surface area contributed by atoms with Gasteiger partial charge >= 0.3 is 0 Å². The van der Waals surface area contributed by atoms with E-state index in [0.717, 1.165) is 13.1 Å². The summed E-state index contributed by atoms with van der Waals surface area (Å²) < 4.78 is 0. The van der Waals surface area contributed by atoms with Gasteiger partial charge in [-0.25, -0.2) is 4.89 Å². The molecule has 0 aromatic heterocycles.